The molecule has 2 bridgehead atoms. The highest BCUT2D eigenvalue weighted by molar-refractivity contribution is 6.03. The quantitative estimate of drug-likeness (QED) is 0.838. The van der Waals surface area contributed by atoms with Crippen LogP contribution in [0, 0.1) is 11.8 Å². The molecule has 1 aromatic rings. The van der Waals surface area contributed by atoms with Crippen molar-refractivity contribution in [3.63, 3.8) is 0 Å². The molecule has 5 rings (SSSR count). The van der Waals surface area contributed by atoms with Crippen molar-refractivity contribution in [2.75, 3.05) is 18.6 Å². The number of methoxy groups -OCH3 is 1. The summed E-state index contributed by atoms with van der Waals surface area (Å²) in [6, 6.07) is 7.67. The van der Waals surface area contributed by atoms with E-state index in [0.717, 1.165) is 24.3 Å². The van der Waals surface area contributed by atoms with Gasteiger partial charge in [0.25, 0.3) is 0 Å². The molecule has 1 aliphatic carbocycles. The van der Waals surface area contributed by atoms with E-state index in [0.29, 0.717) is 6.54 Å². The van der Waals surface area contributed by atoms with Gasteiger partial charge in [-0.3, -0.25) is 9.59 Å². The molecule has 0 radical (unpaired) electrons. The zero-order valence-corrected chi connectivity index (χ0v) is 14.0. The first kappa shape index (κ1) is 15.0. The molecule has 4 atom stereocenters. The lowest BCUT2D eigenvalue weighted by Gasteiger charge is -2.23. The van der Waals surface area contributed by atoms with Gasteiger partial charge in [-0.1, -0.05) is 12.2 Å². The number of hydrogen-bond acceptors (Lipinski definition) is 4. The van der Waals surface area contributed by atoms with Gasteiger partial charge < -0.3 is 19.7 Å². The van der Waals surface area contributed by atoms with Gasteiger partial charge in [0, 0.05) is 11.7 Å². The molecule has 3 aliphatic heterocycles. The van der Waals surface area contributed by atoms with Crippen molar-refractivity contribution in [3.8, 4) is 5.75 Å². The van der Waals surface area contributed by atoms with Crippen LogP contribution in [-0.4, -0.2) is 43.2 Å². The van der Waals surface area contributed by atoms with Crippen LogP contribution in [0.4, 0.5) is 5.69 Å². The van der Waals surface area contributed by atoms with E-state index in [1.165, 1.54) is 0 Å². The van der Waals surface area contributed by atoms with E-state index < -0.39 is 17.4 Å². The predicted octanol–water partition coefficient (Wildman–Crippen LogP) is 1.26. The normalized spacial score (nSPS) is 35.2. The van der Waals surface area contributed by atoms with Crippen LogP contribution in [0.2, 0.25) is 0 Å². The van der Waals surface area contributed by atoms with Crippen LogP contribution in [0.3, 0.4) is 0 Å². The predicted molar refractivity (Wildman–Crippen MR) is 90.2 cm³/mol. The Kier molecular flexibility index (Phi) is 3.04. The number of benzene rings is 1. The van der Waals surface area contributed by atoms with Crippen molar-refractivity contribution in [1.29, 1.82) is 0 Å². The third-order valence-corrected chi connectivity index (χ3v) is 5.71. The van der Waals surface area contributed by atoms with Crippen LogP contribution in [0.15, 0.2) is 36.4 Å². The van der Waals surface area contributed by atoms with Crippen LogP contribution in [0.1, 0.15) is 12.8 Å². The summed E-state index contributed by atoms with van der Waals surface area (Å²) in [5.74, 6) is -0.209. The lowest BCUT2D eigenvalue weighted by atomic mass is 9.77. The number of hydrogen-bond donors (Lipinski definition) is 1. The van der Waals surface area contributed by atoms with E-state index in [1.807, 2.05) is 36.4 Å². The number of nitrogens with one attached hydrogen (secondary N) is 1. The van der Waals surface area contributed by atoms with Crippen LogP contribution in [0.5, 0.6) is 5.75 Å². The Morgan fingerprint density at radius 3 is 2.76 bits per heavy atom. The van der Waals surface area contributed by atoms with Gasteiger partial charge in [-0.15, -0.1) is 0 Å². The summed E-state index contributed by atoms with van der Waals surface area (Å²) in [4.78, 5) is 27.6. The Morgan fingerprint density at radius 1 is 1.32 bits per heavy atom. The molecule has 130 valence electrons. The molecule has 1 saturated carbocycles. The zero-order valence-electron chi connectivity index (χ0n) is 14.0. The minimum absolute atomic E-state index is 0.0343. The fraction of sp³-hybridized carbons (Fsp3) is 0.474. The highest BCUT2D eigenvalue weighted by Crippen LogP contribution is 2.52. The molecule has 0 aromatic heterocycles. The summed E-state index contributed by atoms with van der Waals surface area (Å²) in [6.07, 6.45) is 5.69. The lowest BCUT2D eigenvalue weighted by molar-refractivity contribution is -0.132. The summed E-state index contributed by atoms with van der Waals surface area (Å²) in [5.41, 5.74) is 0.129. The van der Waals surface area contributed by atoms with Gasteiger partial charge in [-0.2, -0.15) is 0 Å². The van der Waals surface area contributed by atoms with Crippen LogP contribution < -0.4 is 15.0 Å². The molecule has 2 amide bonds. The molecule has 1 N–H and O–H groups in total. The number of amides is 2. The van der Waals surface area contributed by atoms with Gasteiger partial charge in [-0.25, -0.2) is 0 Å². The summed E-state index contributed by atoms with van der Waals surface area (Å²) in [6.45, 7) is 0.447. The van der Waals surface area contributed by atoms with E-state index in [-0.39, 0.29) is 24.0 Å². The second-order valence-electron chi connectivity index (χ2n) is 7.31. The molecular formula is C19H20N2O4. The minimum Gasteiger partial charge on any atom is -0.497 e. The van der Waals surface area contributed by atoms with Crippen molar-refractivity contribution < 1.29 is 19.1 Å². The number of rotatable bonds is 4. The first-order valence-corrected chi connectivity index (χ1v) is 8.74. The van der Waals surface area contributed by atoms with Gasteiger partial charge in [0.15, 0.2) is 0 Å². The summed E-state index contributed by atoms with van der Waals surface area (Å²) >= 11 is 0. The van der Waals surface area contributed by atoms with Gasteiger partial charge in [-0.05, 0) is 37.1 Å². The lowest BCUT2D eigenvalue weighted by Crippen LogP contribution is -2.44. The maximum Gasteiger partial charge on any atom is 0.234 e. The fourth-order valence-electron chi connectivity index (χ4n) is 4.30. The Balaban J connectivity index is 1.44. The number of carbonyl (C=O) groups is 2. The summed E-state index contributed by atoms with van der Waals surface area (Å²) in [5, 5.41) is 3.04. The van der Waals surface area contributed by atoms with Crippen molar-refractivity contribution >= 4 is 17.5 Å². The van der Waals surface area contributed by atoms with Crippen molar-refractivity contribution in [2.45, 2.75) is 30.6 Å². The van der Waals surface area contributed by atoms with E-state index in [1.54, 1.807) is 12.0 Å². The van der Waals surface area contributed by atoms with Gasteiger partial charge in [0.1, 0.15) is 11.4 Å². The smallest absolute Gasteiger partial charge is 0.234 e. The topological polar surface area (TPSA) is 67.9 Å². The summed E-state index contributed by atoms with van der Waals surface area (Å²) in [7, 11) is 1.61. The Labute approximate surface area is 145 Å². The number of fused-ring (bicyclic) bond motifs is 1. The molecule has 25 heavy (non-hydrogen) atoms. The Hall–Kier alpha value is -2.34. The van der Waals surface area contributed by atoms with Gasteiger partial charge in [0.05, 0.1) is 31.6 Å². The first-order valence-electron chi connectivity index (χ1n) is 8.74. The number of ether oxygens (including phenoxy) is 2. The molecule has 0 unspecified atom stereocenters. The fourth-order valence-corrected chi connectivity index (χ4v) is 4.30. The second kappa shape index (κ2) is 5.08. The average Bonchev–Trinajstić information content (AvgIpc) is 3.15. The Bertz CT molecular complexity index is 770. The number of anilines is 1. The second-order valence-corrected chi connectivity index (χ2v) is 7.31. The molecule has 3 heterocycles. The van der Waals surface area contributed by atoms with Crippen molar-refractivity contribution in [2.24, 2.45) is 11.8 Å². The van der Waals surface area contributed by atoms with E-state index >= 15 is 0 Å². The molecule has 2 saturated heterocycles. The molecule has 1 spiro atoms. The molecule has 3 fully saturated rings. The zero-order chi connectivity index (χ0) is 17.2. The monoisotopic (exact) mass is 340 g/mol. The SMILES string of the molecule is COc1ccc(N2C[C@]34C=C[C@@H](O3)[C@@H](C(=O)NC3CC3)[C@H]4C2=O)cc1. The van der Waals surface area contributed by atoms with Gasteiger partial charge >= 0.3 is 0 Å². The molecule has 1 aromatic carbocycles. The van der Waals surface area contributed by atoms with E-state index in [9.17, 15) is 9.59 Å². The largest absolute Gasteiger partial charge is 0.497 e. The third kappa shape index (κ3) is 2.13. The van der Waals surface area contributed by atoms with Crippen molar-refractivity contribution in [1.82, 2.24) is 5.32 Å². The van der Waals surface area contributed by atoms with E-state index in [4.69, 9.17) is 9.47 Å². The Morgan fingerprint density at radius 2 is 2.08 bits per heavy atom. The average molecular weight is 340 g/mol. The summed E-state index contributed by atoms with van der Waals surface area (Å²) < 4.78 is 11.3. The first-order chi connectivity index (χ1) is 12.1. The maximum atomic E-state index is 13.1. The van der Waals surface area contributed by atoms with E-state index in [2.05, 4.69) is 5.32 Å². The van der Waals surface area contributed by atoms with Crippen LogP contribution >= 0.6 is 0 Å². The van der Waals surface area contributed by atoms with Gasteiger partial charge in [0.2, 0.25) is 11.8 Å². The number of carbonyl (C=O) groups excluding carboxylic acids is 2. The molecule has 6 heteroatoms. The standard InChI is InChI=1S/C19H20N2O4/c1-24-13-6-4-12(5-7-13)21-10-19-9-8-14(25-19)15(16(19)18(21)23)17(22)20-11-2-3-11/h4-9,11,14-16H,2-3,10H2,1H3,(H,20,22)/t14-,15-,16+,19+/m1/s1. The highest BCUT2D eigenvalue weighted by Gasteiger charge is 2.67. The molecular weight excluding hydrogens is 320 g/mol. The maximum absolute atomic E-state index is 13.1. The van der Waals surface area contributed by atoms with Crippen LogP contribution in [0.25, 0.3) is 0 Å². The third-order valence-electron chi connectivity index (χ3n) is 5.71. The molecule has 4 aliphatic rings. The minimum atomic E-state index is -0.673. The molecule has 6 nitrogen and oxygen atoms in total. The number of nitrogens with zero attached hydrogens (tertiary/aromatic N) is 1. The van der Waals surface area contributed by atoms with Crippen LogP contribution in [-0.2, 0) is 14.3 Å². The highest BCUT2D eigenvalue weighted by atomic mass is 16.5. The van der Waals surface area contributed by atoms with Crippen molar-refractivity contribution in [3.05, 3.63) is 36.4 Å².